The molecule has 0 amide bonds. The molecule has 2 heterocycles. The zero-order valence-corrected chi connectivity index (χ0v) is 20.2. The van der Waals surface area contributed by atoms with Gasteiger partial charge >= 0.3 is 0 Å². The van der Waals surface area contributed by atoms with Crippen LogP contribution in [0.3, 0.4) is 0 Å². The SMILES string of the molecule is c1ccc(-c2ccc3oc4c(ccc5ccc6c7cc(-c8ccccc8)ccc7sc6c54)c3c2)cc1. The van der Waals surface area contributed by atoms with E-state index >= 15 is 0 Å². The molecule has 0 unspecified atom stereocenters. The van der Waals surface area contributed by atoms with Gasteiger partial charge in [0.25, 0.3) is 0 Å². The van der Waals surface area contributed by atoms with Gasteiger partial charge in [-0.3, -0.25) is 0 Å². The van der Waals surface area contributed by atoms with Crippen LogP contribution in [0.15, 0.2) is 126 Å². The Balaban J connectivity index is 1.41. The van der Waals surface area contributed by atoms with Crippen LogP contribution >= 0.6 is 11.3 Å². The van der Waals surface area contributed by atoms with Crippen LogP contribution in [0.4, 0.5) is 0 Å². The summed E-state index contributed by atoms with van der Waals surface area (Å²) >= 11 is 1.86. The summed E-state index contributed by atoms with van der Waals surface area (Å²) in [5.41, 5.74) is 6.83. The number of furan rings is 1. The van der Waals surface area contributed by atoms with Crippen molar-refractivity contribution in [2.75, 3.05) is 0 Å². The normalized spacial score (nSPS) is 11.9. The average Bonchev–Trinajstić information content (AvgIpc) is 3.51. The van der Waals surface area contributed by atoms with E-state index in [0.717, 1.165) is 16.6 Å². The largest absolute Gasteiger partial charge is 0.455 e. The van der Waals surface area contributed by atoms with Crippen molar-refractivity contribution in [2.24, 2.45) is 0 Å². The Morgan fingerprint density at radius 3 is 1.83 bits per heavy atom. The van der Waals surface area contributed by atoms with Crippen molar-refractivity contribution >= 4 is 64.2 Å². The van der Waals surface area contributed by atoms with Gasteiger partial charge in [0, 0.05) is 36.3 Å². The highest BCUT2D eigenvalue weighted by Gasteiger charge is 2.16. The second kappa shape index (κ2) is 7.55. The molecule has 6 aromatic carbocycles. The molecule has 168 valence electrons. The van der Waals surface area contributed by atoms with Crippen molar-refractivity contribution in [3.05, 3.63) is 121 Å². The second-order valence-corrected chi connectivity index (χ2v) is 10.4. The number of fused-ring (bicyclic) bond motifs is 9. The van der Waals surface area contributed by atoms with E-state index in [1.54, 1.807) is 0 Å². The van der Waals surface area contributed by atoms with Crippen LogP contribution < -0.4 is 0 Å². The number of thiophene rings is 1. The zero-order chi connectivity index (χ0) is 23.6. The van der Waals surface area contributed by atoms with Crippen molar-refractivity contribution in [1.29, 1.82) is 0 Å². The molecule has 0 aliphatic heterocycles. The highest BCUT2D eigenvalue weighted by Crippen LogP contribution is 2.44. The van der Waals surface area contributed by atoms with Crippen molar-refractivity contribution < 1.29 is 4.42 Å². The van der Waals surface area contributed by atoms with E-state index in [1.807, 2.05) is 11.3 Å². The van der Waals surface area contributed by atoms with E-state index < -0.39 is 0 Å². The van der Waals surface area contributed by atoms with Crippen LogP contribution in [0.2, 0.25) is 0 Å². The summed E-state index contributed by atoms with van der Waals surface area (Å²) in [5.74, 6) is 0. The molecule has 0 aliphatic rings. The maximum atomic E-state index is 6.56. The number of hydrogen-bond acceptors (Lipinski definition) is 2. The molecule has 0 bridgehead atoms. The Labute approximate surface area is 211 Å². The van der Waals surface area contributed by atoms with Gasteiger partial charge in [0.2, 0.25) is 0 Å². The molecule has 36 heavy (non-hydrogen) atoms. The van der Waals surface area contributed by atoms with Gasteiger partial charge in [-0.1, -0.05) is 91.0 Å². The van der Waals surface area contributed by atoms with Crippen LogP contribution in [0.5, 0.6) is 0 Å². The summed E-state index contributed by atoms with van der Waals surface area (Å²) in [5, 5.41) is 7.36. The fourth-order valence-corrected chi connectivity index (χ4v) is 6.73. The lowest BCUT2D eigenvalue weighted by atomic mass is 9.99. The quantitative estimate of drug-likeness (QED) is 0.242. The molecule has 0 fully saturated rings. The smallest absolute Gasteiger partial charge is 0.144 e. The number of hydrogen-bond donors (Lipinski definition) is 0. The lowest BCUT2D eigenvalue weighted by Crippen LogP contribution is -1.78. The third-order valence-electron chi connectivity index (χ3n) is 7.27. The van der Waals surface area contributed by atoms with E-state index in [2.05, 4.69) is 121 Å². The lowest BCUT2D eigenvalue weighted by molar-refractivity contribution is 0.673. The van der Waals surface area contributed by atoms with Crippen LogP contribution in [0, 0.1) is 0 Å². The summed E-state index contributed by atoms with van der Waals surface area (Å²) < 4.78 is 9.16. The van der Waals surface area contributed by atoms with Gasteiger partial charge in [0.05, 0.1) is 0 Å². The lowest BCUT2D eigenvalue weighted by Gasteiger charge is -2.03. The highest BCUT2D eigenvalue weighted by atomic mass is 32.1. The van der Waals surface area contributed by atoms with Crippen molar-refractivity contribution in [2.45, 2.75) is 0 Å². The summed E-state index contributed by atoms with van der Waals surface area (Å²) in [6.07, 6.45) is 0. The van der Waals surface area contributed by atoms with E-state index in [-0.39, 0.29) is 0 Å². The summed E-state index contributed by atoms with van der Waals surface area (Å²) in [7, 11) is 0. The first-order valence-corrected chi connectivity index (χ1v) is 13.0. The van der Waals surface area contributed by atoms with Gasteiger partial charge in [-0.25, -0.2) is 0 Å². The summed E-state index contributed by atoms with van der Waals surface area (Å²) in [4.78, 5) is 0. The van der Waals surface area contributed by atoms with Crippen LogP contribution in [-0.4, -0.2) is 0 Å². The summed E-state index contributed by atoms with van der Waals surface area (Å²) in [6, 6.07) is 43.5. The Hall–Kier alpha value is -4.40. The highest BCUT2D eigenvalue weighted by molar-refractivity contribution is 7.26. The molecule has 0 spiro atoms. The van der Waals surface area contributed by atoms with Crippen molar-refractivity contribution in [3.63, 3.8) is 0 Å². The standard InChI is InChI=1S/C34H20OS/c1-3-7-21(8-4-1)24-13-17-30-28(19-24)26-15-11-23-12-16-27-29-20-25(22-9-5-2-6-10-22)14-18-31(29)36-34(27)32(23)33(26)35-30/h1-20H. The Morgan fingerprint density at radius 2 is 1.11 bits per heavy atom. The average molecular weight is 477 g/mol. The first kappa shape index (κ1) is 19.9. The number of rotatable bonds is 2. The molecule has 0 saturated carbocycles. The monoisotopic (exact) mass is 476 g/mol. The topological polar surface area (TPSA) is 13.1 Å². The Bertz CT molecular complexity index is 1930. The Kier molecular flexibility index (Phi) is 4.16. The molecule has 1 nitrogen and oxygen atoms in total. The zero-order valence-electron chi connectivity index (χ0n) is 19.4. The fraction of sp³-hybridized carbons (Fsp3) is 0. The minimum Gasteiger partial charge on any atom is -0.455 e. The fourth-order valence-electron chi connectivity index (χ4n) is 5.49. The van der Waals surface area contributed by atoms with Gasteiger partial charge in [-0.05, 0) is 58.0 Å². The molecule has 0 atom stereocenters. The molecule has 8 rings (SSSR count). The first-order valence-electron chi connectivity index (χ1n) is 12.2. The molecular formula is C34H20OS. The maximum absolute atomic E-state index is 6.56. The van der Waals surface area contributed by atoms with Crippen LogP contribution in [0.25, 0.3) is 75.1 Å². The number of benzene rings is 6. The van der Waals surface area contributed by atoms with E-state index in [4.69, 9.17) is 4.42 Å². The van der Waals surface area contributed by atoms with Gasteiger partial charge in [-0.2, -0.15) is 0 Å². The van der Waals surface area contributed by atoms with Gasteiger partial charge in [0.1, 0.15) is 11.2 Å². The molecular weight excluding hydrogens is 456 g/mol. The van der Waals surface area contributed by atoms with E-state index in [0.29, 0.717) is 0 Å². The molecule has 2 aromatic heterocycles. The predicted octanol–water partition coefficient (Wildman–Crippen LogP) is 10.4. The Morgan fingerprint density at radius 1 is 0.472 bits per heavy atom. The van der Waals surface area contributed by atoms with Gasteiger partial charge in [-0.15, -0.1) is 11.3 Å². The molecule has 8 aromatic rings. The van der Waals surface area contributed by atoms with Gasteiger partial charge < -0.3 is 4.42 Å². The van der Waals surface area contributed by atoms with Crippen molar-refractivity contribution in [1.82, 2.24) is 0 Å². The van der Waals surface area contributed by atoms with Crippen LogP contribution in [-0.2, 0) is 0 Å². The third-order valence-corrected chi connectivity index (χ3v) is 8.47. The molecule has 0 aliphatic carbocycles. The minimum atomic E-state index is 0.932. The molecule has 0 saturated heterocycles. The second-order valence-electron chi connectivity index (χ2n) is 9.34. The van der Waals surface area contributed by atoms with E-state index in [9.17, 15) is 0 Å². The third kappa shape index (κ3) is 2.89. The van der Waals surface area contributed by atoms with Crippen molar-refractivity contribution in [3.8, 4) is 22.3 Å². The first-order chi connectivity index (χ1) is 17.8. The maximum Gasteiger partial charge on any atom is 0.144 e. The molecule has 0 radical (unpaired) electrons. The molecule has 2 heteroatoms. The molecule has 0 N–H and O–H groups in total. The summed E-state index contributed by atoms with van der Waals surface area (Å²) in [6.45, 7) is 0. The van der Waals surface area contributed by atoms with Gasteiger partial charge in [0.15, 0.2) is 0 Å². The van der Waals surface area contributed by atoms with E-state index in [1.165, 1.54) is 58.6 Å². The van der Waals surface area contributed by atoms with Crippen LogP contribution in [0.1, 0.15) is 0 Å². The minimum absolute atomic E-state index is 0.932. The predicted molar refractivity (Wildman–Crippen MR) is 155 cm³/mol.